The summed E-state index contributed by atoms with van der Waals surface area (Å²) in [5, 5.41) is 2.94. The summed E-state index contributed by atoms with van der Waals surface area (Å²) in [5.41, 5.74) is 6.98. The first-order valence-electron chi connectivity index (χ1n) is 8.36. The van der Waals surface area contributed by atoms with E-state index >= 15 is 0 Å². The Morgan fingerprint density at radius 1 is 1.25 bits per heavy atom. The van der Waals surface area contributed by atoms with Crippen LogP contribution in [0, 0.1) is 11.8 Å². The number of ether oxygens (including phenoxy) is 2. The van der Waals surface area contributed by atoms with Crippen LogP contribution in [0.15, 0.2) is 18.2 Å². The molecule has 2 heterocycles. The van der Waals surface area contributed by atoms with Gasteiger partial charge in [0.05, 0.1) is 6.54 Å². The molecule has 0 aromatic heterocycles. The van der Waals surface area contributed by atoms with Crippen LogP contribution in [-0.2, 0) is 4.79 Å². The summed E-state index contributed by atoms with van der Waals surface area (Å²) in [4.78, 5) is 14.5. The van der Waals surface area contributed by atoms with Crippen molar-refractivity contribution in [1.29, 1.82) is 0 Å². The van der Waals surface area contributed by atoms with Gasteiger partial charge in [-0.1, -0.05) is 6.42 Å². The molecule has 1 aromatic rings. The summed E-state index contributed by atoms with van der Waals surface area (Å²) in [6.07, 6.45) is 3.59. The zero-order valence-corrected chi connectivity index (χ0v) is 14.4. The van der Waals surface area contributed by atoms with Crippen molar-refractivity contribution >= 4 is 24.0 Å². The van der Waals surface area contributed by atoms with E-state index in [-0.39, 0.29) is 25.1 Å². The fraction of sp³-hybridized carbons (Fsp3) is 0.588. The highest BCUT2D eigenvalue weighted by molar-refractivity contribution is 5.92. The molecule has 3 aliphatic rings. The van der Waals surface area contributed by atoms with Crippen LogP contribution in [0.3, 0.4) is 0 Å². The molecule has 3 unspecified atom stereocenters. The van der Waals surface area contributed by atoms with Crippen molar-refractivity contribution in [3.8, 4) is 11.5 Å². The van der Waals surface area contributed by atoms with Crippen molar-refractivity contribution in [2.75, 3.05) is 31.7 Å². The van der Waals surface area contributed by atoms with Crippen molar-refractivity contribution in [1.82, 2.24) is 4.90 Å². The van der Waals surface area contributed by atoms with Gasteiger partial charge in [0.15, 0.2) is 11.5 Å². The Morgan fingerprint density at radius 2 is 2.08 bits per heavy atom. The third kappa shape index (κ3) is 3.45. The number of rotatable bonds is 3. The second kappa shape index (κ2) is 7.17. The van der Waals surface area contributed by atoms with Crippen LogP contribution in [0.4, 0.5) is 5.69 Å². The monoisotopic (exact) mass is 353 g/mol. The third-order valence-corrected chi connectivity index (χ3v) is 5.25. The highest BCUT2D eigenvalue weighted by Crippen LogP contribution is 2.36. The molecule has 1 aromatic carbocycles. The van der Waals surface area contributed by atoms with E-state index in [4.69, 9.17) is 15.2 Å². The van der Waals surface area contributed by atoms with Gasteiger partial charge in [0.2, 0.25) is 12.7 Å². The van der Waals surface area contributed by atoms with Gasteiger partial charge in [0, 0.05) is 30.9 Å². The van der Waals surface area contributed by atoms with Gasteiger partial charge in [-0.25, -0.2) is 0 Å². The maximum absolute atomic E-state index is 12.3. The Bertz CT molecular complexity index is 613. The molecular formula is C17H24ClN3O3. The molecule has 0 bridgehead atoms. The van der Waals surface area contributed by atoms with Gasteiger partial charge in [-0.15, -0.1) is 12.4 Å². The van der Waals surface area contributed by atoms with E-state index in [0.29, 0.717) is 30.2 Å². The summed E-state index contributed by atoms with van der Waals surface area (Å²) in [5.74, 6) is 2.64. The number of hydrogen-bond acceptors (Lipinski definition) is 5. The summed E-state index contributed by atoms with van der Waals surface area (Å²) < 4.78 is 10.6. The third-order valence-electron chi connectivity index (χ3n) is 5.25. The number of nitrogens with zero attached hydrogens (tertiary/aromatic N) is 1. The van der Waals surface area contributed by atoms with Crippen molar-refractivity contribution in [2.45, 2.75) is 25.3 Å². The fourth-order valence-electron chi connectivity index (χ4n) is 4.12. The Hall–Kier alpha value is -1.50. The first-order chi connectivity index (χ1) is 11.2. The molecule has 24 heavy (non-hydrogen) atoms. The van der Waals surface area contributed by atoms with Crippen molar-refractivity contribution in [3.05, 3.63) is 18.2 Å². The summed E-state index contributed by atoms with van der Waals surface area (Å²) in [6.45, 7) is 2.60. The van der Waals surface area contributed by atoms with E-state index in [1.807, 2.05) is 12.1 Å². The van der Waals surface area contributed by atoms with Crippen LogP contribution in [0.5, 0.6) is 11.5 Å². The second-order valence-electron chi connectivity index (χ2n) is 6.83. The van der Waals surface area contributed by atoms with E-state index < -0.39 is 0 Å². The van der Waals surface area contributed by atoms with E-state index in [1.165, 1.54) is 12.8 Å². The average molecular weight is 354 g/mol. The minimum absolute atomic E-state index is 0. The van der Waals surface area contributed by atoms with Gasteiger partial charge in [0.25, 0.3) is 0 Å². The Balaban J connectivity index is 0.00000169. The minimum atomic E-state index is 0. The molecule has 1 saturated carbocycles. The van der Waals surface area contributed by atoms with E-state index in [9.17, 15) is 4.79 Å². The number of amides is 1. The zero-order valence-electron chi connectivity index (χ0n) is 13.6. The highest BCUT2D eigenvalue weighted by atomic mass is 35.5. The van der Waals surface area contributed by atoms with E-state index in [0.717, 1.165) is 30.9 Å². The van der Waals surface area contributed by atoms with Crippen LogP contribution in [-0.4, -0.2) is 43.3 Å². The largest absolute Gasteiger partial charge is 0.454 e. The van der Waals surface area contributed by atoms with Crippen LogP contribution in [0.1, 0.15) is 19.3 Å². The van der Waals surface area contributed by atoms with Gasteiger partial charge in [-0.2, -0.15) is 0 Å². The SMILES string of the molecule is Cl.NC1CCCC2CN(CC(=O)Nc3ccc4c(c3)OCO4)CC12. The normalized spacial score (nSPS) is 28.1. The van der Waals surface area contributed by atoms with Crippen molar-refractivity contribution in [3.63, 3.8) is 0 Å². The Labute approximate surface area is 148 Å². The van der Waals surface area contributed by atoms with Crippen molar-refractivity contribution < 1.29 is 14.3 Å². The Morgan fingerprint density at radius 3 is 2.92 bits per heavy atom. The minimum Gasteiger partial charge on any atom is -0.454 e. The lowest BCUT2D eigenvalue weighted by Crippen LogP contribution is -2.38. The quantitative estimate of drug-likeness (QED) is 0.867. The molecule has 132 valence electrons. The van der Waals surface area contributed by atoms with Gasteiger partial charge in [-0.3, -0.25) is 9.69 Å². The molecule has 0 radical (unpaired) electrons. The van der Waals surface area contributed by atoms with E-state index in [1.54, 1.807) is 6.07 Å². The molecule has 6 nitrogen and oxygen atoms in total. The number of carbonyl (C=O) groups is 1. The number of carbonyl (C=O) groups excluding carboxylic acids is 1. The number of anilines is 1. The molecule has 7 heteroatoms. The molecule has 3 atom stereocenters. The molecule has 0 spiro atoms. The summed E-state index contributed by atoms with van der Waals surface area (Å²) >= 11 is 0. The molecular weight excluding hydrogens is 330 g/mol. The smallest absolute Gasteiger partial charge is 0.238 e. The lowest BCUT2D eigenvalue weighted by atomic mass is 9.78. The highest BCUT2D eigenvalue weighted by Gasteiger charge is 2.38. The Kier molecular flexibility index (Phi) is 5.18. The predicted octanol–water partition coefficient (Wildman–Crippen LogP) is 1.83. The predicted molar refractivity (Wildman–Crippen MR) is 93.7 cm³/mol. The van der Waals surface area contributed by atoms with Crippen molar-refractivity contribution in [2.24, 2.45) is 17.6 Å². The molecule has 1 amide bonds. The molecule has 4 rings (SSSR count). The number of nitrogens with two attached hydrogens (primary N) is 1. The van der Waals surface area contributed by atoms with Crippen LogP contribution < -0.4 is 20.5 Å². The van der Waals surface area contributed by atoms with Gasteiger partial charge in [0.1, 0.15) is 0 Å². The fourth-order valence-corrected chi connectivity index (χ4v) is 4.12. The molecule has 1 aliphatic carbocycles. The standard InChI is InChI=1S/C17H23N3O3.ClH/c18-14-3-1-2-11-7-20(8-13(11)14)9-17(21)19-12-4-5-15-16(6-12)23-10-22-15;/h4-6,11,13-14H,1-3,7-10,18H2,(H,19,21);1H. The van der Waals surface area contributed by atoms with Gasteiger partial charge < -0.3 is 20.5 Å². The first kappa shape index (κ1) is 17.3. The lowest BCUT2D eigenvalue weighted by molar-refractivity contribution is -0.117. The molecule has 3 N–H and O–H groups in total. The van der Waals surface area contributed by atoms with Gasteiger partial charge in [-0.05, 0) is 36.8 Å². The zero-order chi connectivity index (χ0) is 15.8. The number of benzene rings is 1. The number of fused-ring (bicyclic) bond motifs is 2. The number of nitrogens with one attached hydrogen (secondary N) is 1. The maximum atomic E-state index is 12.3. The molecule has 2 fully saturated rings. The van der Waals surface area contributed by atoms with E-state index in [2.05, 4.69) is 10.2 Å². The maximum Gasteiger partial charge on any atom is 0.238 e. The summed E-state index contributed by atoms with van der Waals surface area (Å²) in [7, 11) is 0. The second-order valence-corrected chi connectivity index (χ2v) is 6.83. The van der Waals surface area contributed by atoms with Crippen LogP contribution in [0.25, 0.3) is 0 Å². The lowest BCUT2D eigenvalue weighted by Gasteiger charge is -2.29. The van der Waals surface area contributed by atoms with Crippen LogP contribution in [0.2, 0.25) is 0 Å². The number of likely N-dealkylation sites (tertiary alicyclic amines) is 1. The number of halogens is 1. The first-order valence-corrected chi connectivity index (χ1v) is 8.36. The number of hydrogen-bond donors (Lipinski definition) is 2. The molecule has 2 aliphatic heterocycles. The summed E-state index contributed by atoms with van der Waals surface area (Å²) in [6, 6.07) is 5.77. The van der Waals surface area contributed by atoms with Crippen LogP contribution >= 0.6 is 12.4 Å². The van der Waals surface area contributed by atoms with Gasteiger partial charge >= 0.3 is 0 Å². The molecule has 1 saturated heterocycles. The average Bonchev–Trinajstić information content (AvgIpc) is 3.13. The topological polar surface area (TPSA) is 76.8 Å².